The van der Waals surface area contributed by atoms with Gasteiger partial charge in [0.1, 0.15) is 0 Å². The molecule has 0 spiro atoms. The number of benzene rings is 3. The number of amides is 2. The van der Waals surface area contributed by atoms with Crippen molar-refractivity contribution in [3.05, 3.63) is 106 Å². The van der Waals surface area contributed by atoms with E-state index in [0.717, 1.165) is 11.1 Å². The maximum atomic E-state index is 12.9. The third kappa shape index (κ3) is 7.46. The Morgan fingerprint density at radius 2 is 1.64 bits per heavy atom. The quantitative estimate of drug-likeness (QED) is 0.365. The fourth-order valence-electron chi connectivity index (χ4n) is 3.47. The number of aryl methyl sites for hydroxylation is 1. The predicted octanol–water partition coefficient (Wildman–Crippen LogP) is 3.25. The van der Waals surface area contributed by atoms with Gasteiger partial charge in [-0.2, -0.15) is 0 Å². The molecule has 170 valence electrons. The summed E-state index contributed by atoms with van der Waals surface area (Å²) in [5.41, 5.74) is 3.08. The maximum absolute atomic E-state index is 12.9. The van der Waals surface area contributed by atoms with Crippen LogP contribution in [0.3, 0.4) is 0 Å². The summed E-state index contributed by atoms with van der Waals surface area (Å²) in [7, 11) is -1.74. The molecule has 3 aromatic carbocycles. The highest BCUT2D eigenvalue weighted by molar-refractivity contribution is 6.43. The van der Waals surface area contributed by atoms with Crippen LogP contribution >= 0.6 is 11.6 Å². The highest BCUT2D eigenvalue weighted by Gasteiger charge is 2.27. The van der Waals surface area contributed by atoms with Crippen LogP contribution in [0.4, 0.5) is 0 Å². The molecule has 0 bridgehead atoms. The van der Waals surface area contributed by atoms with E-state index in [1.165, 1.54) is 0 Å². The van der Waals surface area contributed by atoms with Crippen molar-refractivity contribution >= 4 is 30.5 Å². The Bertz CT molecular complexity index is 1080. The summed E-state index contributed by atoms with van der Waals surface area (Å²) in [4.78, 5) is 25.6. The molecule has 3 rings (SSSR count). The second kappa shape index (κ2) is 11.7. The Labute approximate surface area is 198 Å². The summed E-state index contributed by atoms with van der Waals surface area (Å²) in [6.45, 7) is 1.96. The van der Waals surface area contributed by atoms with E-state index in [2.05, 4.69) is 10.6 Å². The largest absolute Gasteiger partial charge is 0.475 e. The normalized spacial score (nSPS) is 12.5. The average molecular weight is 465 g/mol. The molecule has 0 saturated carbocycles. The first-order chi connectivity index (χ1) is 15.8. The summed E-state index contributed by atoms with van der Waals surface area (Å²) < 4.78 is 0. The van der Waals surface area contributed by atoms with Crippen molar-refractivity contribution in [2.45, 2.75) is 31.7 Å². The molecule has 4 N–H and O–H groups in total. The van der Waals surface area contributed by atoms with Gasteiger partial charge < -0.3 is 20.7 Å². The molecule has 0 saturated heterocycles. The number of nitrogens with one attached hydrogen (secondary N) is 2. The third-order valence-electron chi connectivity index (χ3n) is 5.26. The van der Waals surface area contributed by atoms with E-state index in [9.17, 15) is 19.6 Å². The number of rotatable bonds is 9. The molecule has 0 heterocycles. The van der Waals surface area contributed by atoms with Gasteiger partial charge in [0.25, 0.3) is 5.91 Å². The van der Waals surface area contributed by atoms with Crippen molar-refractivity contribution in [1.29, 1.82) is 0 Å². The second-order valence-corrected chi connectivity index (χ2v) is 8.36. The van der Waals surface area contributed by atoms with Crippen molar-refractivity contribution in [3.8, 4) is 0 Å². The minimum absolute atomic E-state index is 0.101. The zero-order valence-electron chi connectivity index (χ0n) is 18.2. The first-order valence-electron chi connectivity index (χ1n) is 10.6. The lowest BCUT2D eigenvalue weighted by Crippen LogP contribution is -2.48. The van der Waals surface area contributed by atoms with E-state index in [4.69, 9.17) is 11.6 Å². The predicted molar refractivity (Wildman–Crippen MR) is 130 cm³/mol. The SMILES string of the molecule is Cc1ccc(C[C@H](NC(=O)CC(NC(=O)c2ccccc2)c2cccc(Cl)c2)B(O)O)cc1. The molecule has 0 aliphatic heterocycles. The molecule has 8 heteroatoms. The molecule has 3 aromatic rings. The summed E-state index contributed by atoms with van der Waals surface area (Å²) in [5, 5.41) is 25.7. The Morgan fingerprint density at radius 3 is 2.27 bits per heavy atom. The van der Waals surface area contributed by atoms with Crippen molar-refractivity contribution < 1.29 is 19.6 Å². The molecule has 0 fully saturated rings. The van der Waals surface area contributed by atoms with Crippen LogP contribution in [0.5, 0.6) is 0 Å². The van der Waals surface area contributed by atoms with Gasteiger partial charge in [0.2, 0.25) is 5.91 Å². The van der Waals surface area contributed by atoms with Crippen molar-refractivity contribution in [3.63, 3.8) is 0 Å². The van der Waals surface area contributed by atoms with Crippen LogP contribution in [0.2, 0.25) is 5.02 Å². The van der Waals surface area contributed by atoms with Gasteiger partial charge in [-0.1, -0.05) is 71.8 Å². The number of carbonyl (C=O) groups excluding carboxylic acids is 2. The molecule has 6 nitrogen and oxygen atoms in total. The fraction of sp³-hybridized carbons (Fsp3) is 0.200. The van der Waals surface area contributed by atoms with Crippen LogP contribution in [0, 0.1) is 6.92 Å². The van der Waals surface area contributed by atoms with Gasteiger partial charge in [0.05, 0.1) is 18.4 Å². The van der Waals surface area contributed by atoms with Gasteiger partial charge in [-0.25, -0.2) is 0 Å². The number of hydrogen-bond acceptors (Lipinski definition) is 4. The summed E-state index contributed by atoms with van der Waals surface area (Å²) in [6, 6.07) is 22.6. The summed E-state index contributed by atoms with van der Waals surface area (Å²) in [5.74, 6) is -1.66. The van der Waals surface area contributed by atoms with Crippen molar-refractivity contribution in [2.24, 2.45) is 0 Å². The Balaban J connectivity index is 1.73. The topological polar surface area (TPSA) is 98.7 Å². The second-order valence-electron chi connectivity index (χ2n) is 7.93. The molecule has 0 aromatic heterocycles. The van der Waals surface area contributed by atoms with Gasteiger partial charge in [-0.3, -0.25) is 9.59 Å². The third-order valence-corrected chi connectivity index (χ3v) is 5.50. The molecule has 0 radical (unpaired) electrons. The Hall–Kier alpha value is -3.13. The van der Waals surface area contributed by atoms with Gasteiger partial charge in [0.15, 0.2) is 0 Å². The number of hydrogen-bond donors (Lipinski definition) is 4. The maximum Gasteiger partial charge on any atom is 0.475 e. The highest BCUT2D eigenvalue weighted by Crippen LogP contribution is 2.21. The molecule has 33 heavy (non-hydrogen) atoms. The molecule has 0 aliphatic rings. The summed E-state index contributed by atoms with van der Waals surface area (Å²) in [6.07, 6.45) is 0.151. The minimum Gasteiger partial charge on any atom is -0.426 e. The van der Waals surface area contributed by atoms with E-state index in [0.29, 0.717) is 16.1 Å². The van der Waals surface area contributed by atoms with E-state index < -0.39 is 25.0 Å². The lowest BCUT2D eigenvalue weighted by atomic mass is 9.75. The molecule has 2 amide bonds. The van der Waals surface area contributed by atoms with Crippen LogP contribution in [0.1, 0.15) is 39.5 Å². The highest BCUT2D eigenvalue weighted by atomic mass is 35.5. The van der Waals surface area contributed by atoms with Crippen molar-refractivity contribution in [1.82, 2.24) is 10.6 Å². The first kappa shape index (κ1) is 24.5. The fourth-order valence-corrected chi connectivity index (χ4v) is 3.67. The van der Waals surface area contributed by atoms with E-state index in [1.807, 2.05) is 37.3 Å². The Kier molecular flexibility index (Phi) is 8.66. The van der Waals surface area contributed by atoms with Crippen LogP contribution in [0.15, 0.2) is 78.9 Å². The minimum atomic E-state index is -1.74. The zero-order chi connectivity index (χ0) is 23.8. The molecular weight excluding hydrogens is 439 g/mol. The molecule has 0 aliphatic carbocycles. The average Bonchev–Trinajstić information content (AvgIpc) is 2.80. The van der Waals surface area contributed by atoms with Crippen LogP contribution in [-0.4, -0.2) is 34.9 Å². The zero-order valence-corrected chi connectivity index (χ0v) is 19.0. The van der Waals surface area contributed by atoms with Crippen molar-refractivity contribution in [2.75, 3.05) is 0 Å². The first-order valence-corrected chi connectivity index (χ1v) is 11.0. The van der Waals surface area contributed by atoms with Gasteiger partial charge in [-0.05, 0) is 48.7 Å². The van der Waals surface area contributed by atoms with Crippen LogP contribution in [0.25, 0.3) is 0 Å². The standard InChI is InChI=1S/C25H26BClN2O4/c1-17-10-12-18(13-11-17)14-23(26(32)33)29-24(30)16-22(20-8-5-9-21(27)15-20)28-25(31)19-6-3-2-4-7-19/h2-13,15,22-23,32-33H,14,16H2,1H3,(H,28,31)(H,29,30)/t22?,23-/m0/s1. The monoisotopic (exact) mass is 464 g/mol. The van der Waals surface area contributed by atoms with Crippen LogP contribution in [-0.2, 0) is 11.2 Å². The molecular formula is C25H26BClN2O4. The molecule has 2 atom stereocenters. The van der Waals surface area contributed by atoms with Gasteiger partial charge in [0, 0.05) is 10.6 Å². The van der Waals surface area contributed by atoms with Gasteiger partial charge >= 0.3 is 7.12 Å². The van der Waals surface area contributed by atoms with E-state index in [1.54, 1.807) is 48.5 Å². The van der Waals surface area contributed by atoms with E-state index in [-0.39, 0.29) is 18.7 Å². The lowest BCUT2D eigenvalue weighted by molar-refractivity contribution is -0.122. The lowest BCUT2D eigenvalue weighted by Gasteiger charge is -2.22. The van der Waals surface area contributed by atoms with Crippen LogP contribution < -0.4 is 10.6 Å². The number of halogens is 1. The Morgan fingerprint density at radius 1 is 0.939 bits per heavy atom. The molecule has 1 unspecified atom stereocenters. The number of carbonyl (C=O) groups is 2. The smallest absolute Gasteiger partial charge is 0.426 e. The van der Waals surface area contributed by atoms with Gasteiger partial charge in [-0.15, -0.1) is 0 Å². The van der Waals surface area contributed by atoms with E-state index >= 15 is 0 Å². The summed E-state index contributed by atoms with van der Waals surface area (Å²) >= 11 is 6.13.